The summed E-state index contributed by atoms with van der Waals surface area (Å²) in [5, 5.41) is 4.10. The van der Waals surface area contributed by atoms with Gasteiger partial charge in [-0.3, -0.25) is 0 Å². The van der Waals surface area contributed by atoms with E-state index < -0.39 is 0 Å². The number of hydrogen-bond acceptors (Lipinski definition) is 3. The monoisotopic (exact) mass is 323 g/mol. The van der Waals surface area contributed by atoms with E-state index in [-0.39, 0.29) is 11.7 Å². The van der Waals surface area contributed by atoms with Gasteiger partial charge in [-0.1, -0.05) is 48.5 Å². The summed E-state index contributed by atoms with van der Waals surface area (Å²) in [7, 11) is 3.14. The van der Waals surface area contributed by atoms with Crippen LogP contribution in [-0.2, 0) is 7.05 Å². The summed E-state index contributed by atoms with van der Waals surface area (Å²) in [6.07, 6.45) is 0. The molecular formula is C19H21N3O2. The van der Waals surface area contributed by atoms with E-state index in [1.807, 2.05) is 31.2 Å². The van der Waals surface area contributed by atoms with E-state index in [1.165, 1.54) is 22.9 Å². The Balaban J connectivity index is 1.97. The van der Waals surface area contributed by atoms with Crippen molar-refractivity contribution in [3.05, 3.63) is 70.1 Å². The highest BCUT2D eigenvalue weighted by Gasteiger charge is 2.19. The number of rotatable bonds is 4. The fourth-order valence-corrected chi connectivity index (χ4v) is 2.91. The first kappa shape index (κ1) is 16.1. The Morgan fingerprint density at radius 3 is 2.38 bits per heavy atom. The molecule has 1 atom stereocenters. The standard InChI is InChI=1S/C19H21N3O2/c1-13-7-5-6-8-17(13)16-11-9-15(10-12-16)14(2)22-18(24-4)20-21(3)19(22)23/h5-12,14H,1-4H3. The molecule has 3 aromatic rings. The van der Waals surface area contributed by atoms with Crippen LogP contribution in [0.3, 0.4) is 0 Å². The van der Waals surface area contributed by atoms with Crippen LogP contribution in [0, 0.1) is 6.92 Å². The molecule has 1 unspecified atom stereocenters. The van der Waals surface area contributed by atoms with E-state index in [0.29, 0.717) is 6.01 Å². The molecule has 0 radical (unpaired) electrons. The lowest BCUT2D eigenvalue weighted by atomic mass is 9.98. The molecule has 2 aromatic carbocycles. The van der Waals surface area contributed by atoms with Crippen LogP contribution in [0.2, 0.25) is 0 Å². The second kappa shape index (κ2) is 6.35. The van der Waals surface area contributed by atoms with Gasteiger partial charge in [0.05, 0.1) is 13.2 Å². The van der Waals surface area contributed by atoms with Gasteiger partial charge in [0.25, 0.3) is 0 Å². The minimum atomic E-state index is -0.192. The Morgan fingerprint density at radius 1 is 1.08 bits per heavy atom. The Bertz CT molecular complexity index is 907. The van der Waals surface area contributed by atoms with Gasteiger partial charge in [0, 0.05) is 7.05 Å². The number of aryl methyl sites for hydroxylation is 2. The molecule has 5 nitrogen and oxygen atoms in total. The largest absolute Gasteiger partial charge is 0.467 e. The third-order valence-corrected chi connectivity index (χ3v) is 4.34. The highest BCUT2D eigenvalue weighted by molar-refractivity contribution is 5.67. The van der Waals surface area contributed by atoms with Gasteiger partial charge in [-0.15, -0.1) is 5.10 Å². The number of hydrogen-bond donors (Lipinski definition) is 0. The third kappa shape index (κ3) is 2.73. The average molecular weight is 323 g/mol. The zero-order valence-electron chi connectivity index (χ0n) is 14.4. The SMILES string of the molecule is COc1nn(C)c(=O)n1C(C)c1ccc(-c2ccccc2C)cc1. The fraction of sp³-hybridized carbons (Fsp3) is 0.263. The van der Waals surface area contributed by atoms with Gasteiger partial charge in [0.15, 0.2) is 0 Å². The minimum Gasteiger partial charge on any atom is -0.467 e. The van der Waals surface area contributed by atoms with Crippen molar-refractivity contribution in [2.75, 3.05) is 7.11 Å². The van der Waals surface area contributed by atoms with E-state index >= 15 is 0 Å². The van der Waals surface area contributed by atoms with Crippen LogP contribution in [0.1, 0.15) is 24.1 Å². The molecule has 0 aliphatic heterocycles. The maximum absolute atomic E-state index is 12.3. The maximum Gasteiger partial charge on any atom is 0.349 e. The Labute approximate surface area is 141 Å². The molecule has 0 amide bonds. The minimum absolute atomic E-state index is 0.160. The molecule has 0 spiro atoms. The summed E-state index contributed by atoms with van der Waals surface area (Å²) >= 11 is 0. The zero-order chi connectivity index (χ0) is 17.3. The van der Waals surface area contributed by atoms with Crippen LogP contribution in [0.5, 0.6) is 6.01 Å². The van der Waals surface area contributed by atoms with Crippen LogP contribution in [0.15, 0.2) is 53.3 Å². The number of ether oxygens (including phenoxy) is 1. The van der Waals surface area contributed by atoms with E-state index in [1.54, 1.807) is 11.6 Å². The predicted octanol–water partition coefficient (Wildman–Crippen LogP) is 3.18. The summed E-state index contributed by atoms with van der Waals surface area (Å²) in [4.78, 5) is 12.3. The van der Waals surface area contributed by atoms with E-state index in [2.05, 4.69) is 36.3 Å². The van der Waals surface area contributed by atoms with Gasteiger partial charge >= 0.3 is 11.7 Å². The Kier molecular flexibility index (Phi) is 4.25. The van der Waals surface area contributed by atoms with Crippen molar-refractivity contribution in [1.29, 1.82) is 0 Å². The number of aromatic nitrogens is 3. The molecule has 0 N–H and O–H groups in total. The summed E-state index contributed by atoms with van der Waals surface area (Å²) < 4.78 is 8.08. The first-order valence-corrected chi connectivity index (χ1v) is 7.88. The van der Waals surface area contributed by atoms with Crippen LogP contribution < -0.4 is 10.4 Å². The van der Waals surface area contributed by atoms with E-state index in [4.69, 9.17) is 4.74 Å². The van der Waals surface area contributed by atoms with Crippen LogP contribution in [0.25, 0.3) is 11.1 Å². The lowest BCUT2D eigenvalue weighted by molar-refractivity contribution is 0.346. The molecule has 0 fully saturated rings. The second-order valence-corrected chi connectivity index (χ2v) is 5.88. The van der Waals surface area contributed by atoms with Crippen molar-refractivity contribution in [3.63, 3.8) is 0 Å². The van der Waals surface area contributed by atoms with Crippen molar-refractivity contribution in [2.45, 2.75) is 19.9 Å². The first-order valence-electron chi connectivity index (χ1n) is 7.88. The fourth-order valence-electron chi connectivity index (χ4n) is 2.91. The second-order valence-electron chi connectivity index (χ2n) is 5.88. The molecule has 1 aromatic heterocycles. The molecule has 0 saturated heterocycles. The Morgan fingerprint density at radius 2 is 1.75 bits per heavy atom. The molecule has 5 heteroatoms. The molecule has 0 bridgehead atoms. The lowest BCUT2D eigenvalue weighted by Crippen LogP contribution is -2.26. The summed E-state index contributed by atoms with van der Waals surface area (Å²) in [6.45, 7) is 4.07. The maximum atomic E-state index is 12.3. The third-order valence-electron chi connectivity index (χ3n) is 4.34. The Hall–Kier alpha value is -2.82. The smallest absolute Gasteiger partial charge is 0.349 e. The van der Waals surface area contributed by atoms with Crippen molar-refractivity contribution < 1.29 is 4.74 Å². The molecule has 0 aliphatic carbocycles. The normalized spacial score (nSPS) is 12.2. The number of nitrogens with zero attached hydrogens (tertiary/aromatic N) is 3. The molecule has 124 valence electrons. The van der Waals surface area contributed by atoms with E-state index in [9.17, 15) is 4.79 Å². The highest BCUT2D eigenvalue weighted by atomic mass is 16.5. The molecule has 0 saturated carbocycles. The molecular weight excluding hydrogens is 302 g/mol. The molecule has 0 aliphatic rings. The summed E-state index contributed by atoms with van der Waals surface area (Å²) in [5.41, 5.74) is 4.45. The van der Waals surface area contributed by atoms with Crippen LogP contribution in [-0.4, -0.2) is 21.5 Å². The van der Waals surface area contributed by atoms with Gasteiger partial charge in [-0.2, -0.15) is 0 Å². The predicted molar refractivity (Wildman–Crippen MR) is 94.4 cm³/mol. The van der Waals surface area contributed by atoms with E-state index in [0.717, 1.165) is 11.1 Å². The quantitative estimate of drug-likeness (QED) is 0.741. The topological polar surface area (TPSA) is 49.1 Å². The lowest BCUT2D eigenvalue weighted by Gasteiger charge is -2.15. The van der Waals surface area contributed by atoms with Crippen molar-refractivity contribution in [3.8, 4) is 17.1 Å². The summed E-state index contributed by atoms with van der Waals surface area (Å²) in [5.74, 6) is 0. The summed E-state index contributed by atoms with van der Waals surface area (Å²) in [6, 6.07) is 16.7. The van der Waals surface area contributed by atoms with Crippen molar-refractivity contribution in [2.24, 2.45) is 7.05 Å². The van der Waals surface area contributed by atoms with Crippen molar-refractivity contribution in [1.82, 2.24) is 14.3 Å². The number of methoxy groups -OCH3 is 1. The van der Waals surface area contributed by atoms with Gasteiger partial charge in [0.1, 0.15) is 0 Å². The number of benzene rings is 2. The molecule has 3 rings (SSSR count). The van der Waals surface area contributed by atoms with Crippen molar-refractivity contribution >= 4 is 0 Å². The first-order chi connectivity index (χ1) is 11.5. The van der Waals surface area contributed by atoms with Crippen LogP contribution in [0.4, 0.5) is 0 Å². The molecule has 24 heavy (non-hydrogen) atoms. The van der Waals surface area contributed by atoms with Gasteiger partial charge in [-0.05, 0) is 36.1 Å². The van der Waals surface area contributed by atoms with Gasteiger partial charge in [0.2, 0.25) is 0 Å². The highest BCUT2D eigenvalue weighted by Crippen LogP contribution is 2.26. The average Bonchev–Trinajstić information content (AvgIpc) is 2.89. The zero-order valence-corrected chi connectivity index (χ0v) is 14.4. The molecule has 1 heterocycles. The van der Waals surface area contributed by atoms with Crippen LogP contribution >= 0.6 is 0 Å². The van der Waals surface area contributed by atoms with Gasteiger partial charge in [-0.25, -0.2) is 14.0 Å². The van der Waals surface area contributed by atoms with Gasteiger partial charge < -0.3 is 4.74 Å².